The molecule has 0 saturated carbocycles. The van der Waals surface area contributed by atoms with Gasteiger partial charge in [-0.2, -0.15) is 0 Å². The Morgan fingerprint density at radius 2 is 0.714 bits per heavy atom. The van der Waals surface area contributed by atoms with E-state index in [0.29, 0.717) is 6.42 Å². The van der Waals surface area contributed by atoms with Gasteiger partial charge < -0.3 is 15.5 Å². The number of hydrogen-bond acceptors (Lipinski definition) is 3. The molecule has 0 aliphatic heterocycles. The summed E-state index contributed by atoms with van der Waals surface area (Å²) in [6.07, 6.45) is 39.0. The Hall–Kier alpha value is -1.59. The molecule has 49 heavy (non-hydrogen) atoms. The number of carbonyl (C=O) groups is 3. The molecule has 290 valence electrons. The quantitative estimate of drug-likeness (QED) is 0.0558. The minimum absolute atomic E-state index is 0.0884. The number of carbonyl (C=O) groups excluding carboxylic acids is 1. The minimum atomic E-state index is -1.18. The maximum atomic E-state index is 12.1. The van der Waals surface area contributed by atoms with E-state index >= 15 is 0 Å². The molecule has 1 atom stereocenters. The molecular formula is C43H83NO5. The highest BCUT2D eigenvalue weighted by Crippen LogP contribution is 2.25. The Morgan fingerprint density at radius 1 is 0.408 bits per heavy atom. The number of carboxylic acid groups (broad SMARTS) is 2. The van der Waals surface area contributed by atoms with Gasteiger partial charge in [0.1, 0.15) is 6.04 Å². The molecule has 3 N–H and O–H groups in total. The number of carboxylic acids is 2. The average molecular weight is 694 g/mol. The van der Waals surface area contributed by atoms with Crippen LogP contribution in [0.3, 0.4) is 0 Å². The molecule has 1 amide bonds. The highest BCUT2D eigenvalue weighted by molar-refractivity contribution is 5.83. The monoisotopic (exact) mass is 694 g/mol. The van der Waals surface area contributed by atoms with Crippen LogP contribution in [0.1, 0.15) is 233 Å². The van der Waals surface area contributed by atoms with Crippen LogP contribution in [0.5, 0.6) is 0 Å². The van der Waals surface area contributed by atoms with Crippen molar-refractivity contribution in [3.8, 4) is 0 Å². The number of unbranched alkanes of at least 4 members (excludes halogenated alkanes) is 21. The summed E-state index contributed by atoms with van der Waals surface area (Å²) in [6, 6.07) is -1.12. The lowest BCUT2D eigenvalue weighted by atomic mass is 9.89. The van der Waals surface area contributed by atoms with Gasteiger partial charge in [-0.1, -0.05) is 207 Å². The Labute approximate surface area is 304 Å². The van der Waals surface area contributed by atoms with Gasteiger partial charge in [0.2, 0.25) is 5.91 Å². The minimum Gasteiger partial charge on any atom is -0.481 e. The van der Waals surface area contributed by atoms with Gasteiger partial charge in [-0.25, -0.2) is 4.79 Å². The summed E-state index contributed by atoms with van der Waals surface area (Å²) in [5.41, 5.74) is 0. The van der Waals surface area contributed by atoms with E-state index in [2.05, 4.69) is 33.0 Å². The van der Waals surface area contributed by atoms with Crippen molar-refractivity contribution in [2.45, 2.75) is 239 Å². The molecule has 0 aliphatic rings. The number of hydrogen-bond donors (Lipinski definition) is 3. The Bertz CT molecular complexity index is 739. The van der Waals surface area contributed by atoms with Crippen molar-refractivity contribution in [3.05, 3.63) is 0 Å². The zero-order chi connectivity index (χ0) is 36.4. The second-order valence-electron chi connectivity index (χ2n) is 16.2. The molecule has 6 heteroatoms. The van der Waals surface area contributed by atoms with Gasteiger partial charge in [-0.15, -0.1) is 0 Å². The van der Waals surface area contributed by atoms with Crippen LogP contribution in [-0.2, 0) is 14.4 Å². The lowest BCUT2D eigenvalue weighted by Gasteiger charge is -2.17. The van der Waals surface area contributed by atoms with Gasteiger partial charge in [0.25, 0.3) is 0 Å². The van der Waals surface area contributed by atoms with E-state index in [4.69, 9.17) is 5.11 Å². The van der Waals surface area contributed by atoms with Crippen LogP contribution in [0.25, 0.3) is 0 Å². The molecular weight excluding hydrogens is 610 g/mol. The first-order chi connectivity index (χ1) is 23.6. The molecule has 0 heterocycles. The summed E-state index contributed by atoms with van der Waals surface area (Å²) in [5.74, 6) is 0.0912. The molecule has 0 radical (unpaired) electrons. The van der Waals surface area contributed by atoms with Crippen LogP contribution in [-0.4, -0.2) is 34.1 Å². The van der Waals surface area contributed by atoms with Crippen molar-refractivity contribution in [3.63, 3.8) is 0 Å². The molecule has 6 nitrogen and oxygen atoms in total. The van der Waals surface area contributed by atoms with Gasteiger partial charge in [-0.3, -0.25) is 9.59 Å². The second-order valence-corrected chi connectivity index (χ2v) is 16.2. The SMILES string of the molecule is CC(C)CCCCCCCCCCC(CCCCCCCCCCC(=O)N[C@@H](CCC(=O)O)C(=O)O)CCCCCCCCCCC(C)C. The lowest BCUT2D eigenvalue weighted by Crippen LogP contribution is -2.41. The van der Waals surface area contributed by atoms with Gasteiger partial charge in [0.15, 0.2) is 0 Å². The first-order valence-corrected chi connectivity index (χ1v) is 21.4. The fourth-order valence-corrected chi connectivity index (χ4v) is 7.10. The van der Waals surface area contributed by atoms with Crippen molar-refractivity contribution >= 4 is 17.8 Å². The van der Waals surface area contributed by atoms with E-state index in [1.54, 1.807) is 0 Å². The maximum Gasteiger partial charge on any atom is 0.326 e. The van der Waals surface area contributed by atoms with Crippen molar-refractivity contribution in [2.75, 3.05) is 0 Å². The van der Waals surface area contributed by atoms with Crippen molar-refractivity contribution in [2.24, 2.45) is 17.8 Å². The maximum absolute atomic E-state index is 12.1. The third-order valence-electron chi connectivity index (χ3n) is 10.3. The topological polar surface area (TPSA) is 104 Å². The predicted octanol–water partition coefficient (Wildman–Crippen LogP) is 13.1. The molecule has 0 aliphatic carbocycles. The van der Waals surface area contributed by atoms with Crippen molar-refractivity contribution < 1.29 is 24.6 Å². The van der Waals surface area contributed by atoms with Crippen LogP contribution in [0.4, 0.5) is 0 Å². The van der Waals surface area contributed by atoms with Gasteiger partial charge in [0, 0.05) is 12.8 Å². The van der Waals surface area contributed by atoms with E-state index in [9.17, 15) is 19.5 Å². The largest absolute Gasteiger partial charge is 0.481 e. The number of rotatable bonds is 38. The zero-order valence-corrected chi connectivity index (χ0v) is 33.1. The number of amides is 1. The average Bonchev–Trinajstić information content (AvgIpc) is 3.04. The van der Waals surface area contributed by atoms with Gasteiger partial charge in [-0.05, 0) is 30.6 Å². The van der Waals surface area contributed by atoms with E-state index in [-0.39, 0.29) is 18.7 Å². The third-order valence-corrected chi connectivity index (χ3v) is 10.3. The van der Waals surface area contributed by atoms with E-state index < -0.39 is 18.0 Å². The molecule has 0 bridgehead atoms. The van der Waals surface area contributed by atoms with E-state index in [1.165, 1.54) is 167 Å². The van der Waals surface area contributed by atoms with Crippen LogP contribution >= 0.6 is 0 Å². The summed E-state index contributed by atoms with van der Waals surface area (Å²) < 4.78 is 0. The lowest BCUT2D eigenvalue weighted by molar-refractivity contribution is -0.143. The summed E-state index contributed by atoms with van der Waals surface area (Å²) in [6.45, 7) is 9.34. The Balaban J connectivity index is 4.11. The van der Waals surface area contributed by atoms with Crippen molar-refractivity contribution in [1.82, 2.24) is 5.32 Å². The molecule has 0 spiro atoms. The third kappa shape index (κ3) is 36.0. The number of nitrogens with one attached hydrogen (secondary N) is 1. The summed E-state index contributed by atoms with van der Waals surface area (Å²) in [5, 5.41) is 20.4. The fourth-order valence-electron chi connectivity index (χ4n) is 7.10. The van der Waals surface area contributed by atoms with E-state index in [0.717, 1.165) is 37.0 Å². The normalized spacial score (nSPS) is 12.3. The molecule has 0 saturated heterocycles. The van der Waals surface area contributed by atoms with Gasteiger partial charge in [0.05, 0.1) is 0 Å². The zero-order valence-electron chi connectivity index (χ0n) is 33.1. The van der Waals surface area contributed by atoms with Crippen LogP contribution in [0.2, 0.25) is 0 Å². The first-order valence-electron chi connectivity index (χ1n) is 21.4. The molecule has 0 aromatic rings. The highest BCUT2D eigenvalue weighted by Gasteiger charge is 2.20. The molecule has 0 aromatic carbocycles. The second kappa shape index (κ2) is 34.8. The van der Waals surface area contributed by atoms with E-state index in [1.807, 2.05) is 0 Å². The summed E-state index contributed by atoms with van der Waals surface area (Å²) >= 11 is 0. The number of aliphatic carboxylic acids is 2. The summed E-state index contributed by atoms with van der Waals surface area (Å²) in [7, 11) is 0. The van der Waals surface area contributed by atoms with Crippen LogP contribution in [0, 0.1) is 17.8 Å². The molecule has 0 fully saturated rings. The predicted molar refractivity (Wildman–Crippen MR) is 208 cm³/mol. The molecule has 0 rings (SSSR count). The van der Waals surface area contributed by atoms with Crippen molar-refractivity contribution in [1.29, 1.82) is 0 Å². The van der Waals surface area contributed by atoms with Gasteiger partial charge >= 0.3 is 11.9 Å². The van der Waals surface area contributed by atoms with Crippen LogP contribution in [0.15, 0.2) is 0 Å². The Morgan fingerprint density at radius 3 is 1.02 bits per heavy atom. The molecule has 0 aromatic heterocycles. The molecule has 0 unspecified atom stereocenters. The smallest absolute Gasteiger partial charge is 0.326 e. The Kier molecular flexibility index (Phi) is 33.7. The highest BCUT2D eigenvalue weighted by atomic mass is 16.4. The fraction of sp³-hybridized carbons (Fsp3) is 0.930. The summed E-state index contributed by atoms with van der Waals surface area (Å²) in [4.78, 5) is 34.1. The first kappa shape index (κ1) is 47.4. The van der Waals surface area contributed by atoms with Crippen LogP contribution < -0.4 is 5.32 Å². The standard InChI is InChI=1S/C43H83NO5/c1-37(2)29-23-17-11-5-7-13-19-25-31-39(32-26-20-14-8-6-12-18-24-30-38(3)4)33-27-21-15-9-10-16-22-28-34-41(45)44-40(43(48)49)35-36-42(46)47/h37-40H,5-36H2,1-4H3,(H,44,45)(H,46,47)(H,48,49)/t40-/m0/s1.